The maximum Gasteiger partial charge on any atom is 0.109 e. The molecule has 0 atom stereocenters. The van der Waals surface area contributed by atoms with E-state index in [-0.39, 0.29) is 0 Å². The molecule has 0 N–H and O–H groups in total. The number of rotatable bonds is 7. The second-order valence-corrected chi connectivity index (χ2v) is 4.47. The highest BCUT2D eigenvalue weighted by atomic mass is 127. The van der Waals surface area contributed by atoms with Gasteiger partial charge in [-0.05, 0) is 6.42 Å². The van der Waals surface area contributed by atoms with Crippen LogP contribution in [-0.4, -0.2) is 69.4 Å². The van der Waals surface area contributed by atoms with Crippen molar-refractivity contribution in [3.63, 3.8) is 0 Å². The summed E-state index contributed by atoms with van der Waals surface area (Å²) in [7, 11) is 1.77. The standard InChI is InChI=1S/C10H21IN2O2/c1-14-9-2-3-12-4-6-13(7-5-12)8-10-15-11/h2-10H2,1H3. The van der Waals surface area contributed by atoms with Crippen LogP contribution in [0.3, 0.4) is 0 Å². The minimum absolute atomic E-state index is 0.838. The van der Waals surface area contributed by atoms with E-state index in [1.54, 1.807) is 7.11 Å². The maximum absolute atomic E-state index is 5.05. The zero-order valence-corrected chi connectivity index (χ0v) is 11.6. The molecule has 4 nitrogen and oxygen atoms in total. The second kappa shape index (κ2) is 8.69. The van der Waals surface area contributed by atoms with Crippen molar-refractivity contribution in [3.05, 3.63) is 0 Å². The van der Waals surface area contributed by atoms with Gasteiger partial charge in [-0.1, -0.05) is 0 Å². The van der Waals surface area contributed by atoms with Crippen LogP contribution >= 0.6 is 23.0 Å². The fraction of sp³-hybridized carbons (Fsp3) is 1.00. The molecule has 1 saturated heterocycles. The van der Waals surface area contributed by atoms with E-state index in [2.05, 4.69) is 9.80 Å². The predicted octanol–water partition coefficient (Wildman–Crippen LogP) is 1.01. The average Bonchev–Trinajstić information content (AvgIpc) is 2.28. The van der Waals surface area contributed by atoms with Crippen LogP contribution in [0, 0.1) is 0 Å². The van der Waals surface area contributed by atoms with E-state index in [0.29, 0.717) is 0 Å². The summed E-state index contributed by atoms with van der Waals surface area (Å²) in [6.07, 6.45) is 1.15. The van der Waals surface area contributed by atoms with Crippen molar-refractivity contribution in [3.8, 4) is 0 Å². The van der Waals surface area contributed by atoms with E-state index in [0.717, 1.165) is 26.2 Å². The predicted molar refractivity (Wildman–Crippen MR) is 69.3 cm³/mol. The molecule has 0 bridgehead atoms. The molecule has 0 amide bonds. The molecule has 0 aromatic rings. The first-order chi connectivity index (χ1) is 7.36. The highest BCUT2D eigenvalue weighted by molar-refractivity contribution is 14.1. The minimum Gasteiger partial charge on any atom is -0.385 e. The minimum atomic E-state index is 0.838. The topological polar surface area (TPSA) is 24.9 Å². The van der Waals surface area contributed by atoms with Crippen molar-refractivity contribution < 1.29 is 7.80 Å². The van der Waals surface area contributed by atoms with Gasteiger partial charge in [-0.15, -0.1) is 0 Å². The fourth-order valence-corrected chi connectivity index (χ4v) is 2.03. The Morgan fingerprint density at radius 1 is 1.00 bits per heavy atom. The summed E-state index contributed by atoms with van der Waals surface area (Å²) in [4.78, 5) is 4.98. The number of nitrogens with zero attached hydrogens (tertiary/aromatic N) is 2. The third-order valence-electron chi connectivity index (χ3n) is 2.77. The van der Waals surface area contributed by atoms with Gasteiger partial charge < -0.3 is 12.7 Å². The molecule has 1 aliphatic heterocycles. The van der Waals surface area contributed by atoms with Crippen molar-refractivity contribution in [2.75, 3.05) is 59.6 Å². The summed E-state index contributed by atoms with van der Waals surface area (Å²) in [6.45, 7) is 8.67. The SMILES string of the molecule is COCCCN1CCN(CCOI)CC1. The van der Waals surface area contributed by atoms with E-state index < -0.39 is 0 Å². The molecule has 0 aliphatic carbocycles. The molecule has 0 spiro atoms. The van der Waals surface area contributed by atoms with E-state index in [1.807, 2.05) is 23.0 Å². The smallest absolute Gasteiger partial charge is 0.109 e. The van der Waals surface area contributed by atoms with E-state index in [1.165, 1.54) is 32.7 Å². The van der Waals surface area contributed by atoms with Crippen LogP contribution in [-0.2, 0) is 7.80 Å². The molecule has 1 fully saturated rings. The van der Waals surface area contributed by atoms with E-state index in [4.69, 9.17) is 7.80 Å². The average molecular weight is 328 g/mol. The molecule has 0 aromatic heterocycles. The first-order valence-electron chi connectivity index (χ1n) is 5.54. The summed E-state index contributed by atoms with van der Waals surface area (Å²) in [5.41, 5.74) is 0. The lowest BCUT2D eigenvalue weighted by Crippen LogP contribution is -2.47. The van der Waals surface area contributed by atoms with Gasteiger partial charge in [0.05, 0.1) is 6.61 Å². The van der Waals surface area contributed by atoms with Gasteiger partial charge in [0.2, 0.25) is 0 Å². The molecule has 1 rings (SSSR count). The molecule has 1 heterocycles. The van der Waals surface area contributed by atoms with Crippen LogP contribution in [0.15, 0.2) is 0 Å². The van der Waals surface area contributed by atoms with Gasteiger partial charge >= 0.3 is 0 Å². The van der Waals surface area contributed by atoms with Gasteiger partial charge in [0.25, 0.3) is 0 Å². The Labute approximate surface area is 107 Å². The molecule has 0 unspecified atom stereocenters. The normalized spacial score (nSPS) is 19.6. The molecule has 1 aliphatic rings. The van der Waals surface area contributed by atoms with Gasteiger partial charge in [0, 0.05) is 53.0 Å². The summed E-state index contributed by atoms with van der Waals surface area (Å²) in [5.74, 6) is 0. The molecular formula is C10H21IN2O2. The second-order valence-electron chi connectivity index (χ2n) is 3.84. The lowest BCUT2D eigenvalue weighted by atomic mass is 10.3. The van der Waals surface area contributed by atoms with Gasteiger partial charge in [-0.3, -0.25) is 4.90 Å². The monoisotopic (exact) mass is 328 g/mol. The highest BCUT2D eigenvalue weighted by Crippen LogP contribution is 2.02. The highest BCUT2D eigenvalue weighted by Gasteiger charge is 2.15. The Morgan fingerprint density at radius 3 is 2.13 bits per heavy atom. The molecule has 0 aromatic carbocycles. The van der Waals surface area contributed by atoms with Gasteiger partial charge in [0.15, 0.2) is 0 Å². The summed E-state index contributed by atoms with van der Waals surface area (Å²) in [6, 6.07) is 0. The largest absolute Gasteiger partial charge is 0.385 e. The van der Waals surface area contributed by atoms with Crippen LogP contribution in [0.2, 0.25) is 0 Å². The summed E-state index contributed by atoms with van der Waals surface area (Å²) < 4.78 is 10.1. The Kier molecular flexibility index (Phi) is 7.90. The maximum atomic E-state index is 5.05. The Morgan fingerprint density at radius 2 is 1.60 bits per heavy atom. The van der Waals surface area contributed by atoms with Crippen LogP contribution in [0.5, 0.6) is 0 Å². The summed E-state index contributed by atoms with van der Waals surface area (Å²) >= 11 is 1.96. The lowest BCUT2D eigenvalue weighted by Gasteiger charge is -2.34. The lowest BCUT2D eigenvalue weighted by molar-refractivity contribution is 0.110. The Balaban J connectivity index is 2.02. The number of ether oxygens (including phenoxy) is 1. The van der Waals surface area contributed by atoms with E-state index >= 15 is 0 Å². The van der Waals surface area contributed by atoms with Gasteiger partial charge in [0.1, 0.15) is 23.0 Å². The van der Waals surface area contributed by atoms with Gasteiger partial charge in [-0.25, -0.2) is 0 Å². The number of halogens is 1. The van der Waals surface area contributed by atoms with Crippen LogP contribution < -0.4 is 0 Å². The molecule has 15 heavy (non-hydrogen) atoms. The Bertz CT molecular complexity index is 152. The van der Waals surface area contributed by atoms with Crippen molar-refractivity contribution in [1.29, 1.82) is 0 Å². The van der Waals surface area contributed by atoms with Crippen molar-refractivity contribution in [2.45, 2.75) is 6.42 Å². The third kappa shape index (κ3) is 6.01. The van der Waals surface area contributed by atoms with Crippen LogP contribution in [0.25, 0.3) is 0 Å². The number of hydrogen-bond acceptors (Lipinski definition) is 4. The molecular weight excluding hydrogens is 307 g/mol. The van der Waals surface area contributed by atoms with Crippen LogP contribution in [0.4, 0.5) is 0 Å². The first-order valence-corrected chi connectivity index (χ1v) is 6.42. The van der Waals surface area contributed by atoms with Crippen LogP contribution in [0.1, 0.15) is 6.42 Å². The molecule has 0 saturated carbocycles. The molecule has 0 radical (unpaired) electrons. The number of methoxy groups -OCH3 is 1. The molecule has 90 valence electrons. The summed E-state index contributed by atoms with van der Waals surface area (Å²) in [5, 5.41) is 0. The zero-order valence-electron chi connectivity index (χ0n) is 9.45. The third-order valence-corrected chi connectivity index (χ3v) is 3.21. The molecule has 5 heteroatoms. The van der Waals surface area contributed by atoms with Crippen molar-refractivity contribution in [1.82, 2.24) is 9.80 Å². The quantitative estimate of drug-likeness (QED) is 0.514. The fourth-order valence-electron chi connectivity index (χ4n) is 1.83. The van der Waals surface area contributed by atoms with Crippen molar-refractivity contribution in [2.24, 2.45) is 0 Å². The number of hydrogen-bond donors (Lipinski definition) is 0. The first kappa shape index (κ1) is 13.6. The van der Waals surface area contributed by atoms with E-state index in [9.17, 15) is 0 Å². The van der Waals surface area contributed by atoms with Gasteiger partial charge in [-0.2, -0.15) is 0 Å². The van der Waals surface area contributed by atoms with Crippen molar-refractivity contribution >= 4 is 23.0 Å². The number of piperazine rings is 1. The Hall–Kier alpha value is 0.570. The zero-order chi connectivity index (χ0) is 10.9.